The summed E-state index contributed by atoms with van der Waals surface area (Å²) in [6.45, 7) is 13.3. The molecule has 2 saturated heterocycles. The standard InChI is InChI=1S/C22H38N6O/c1-4-9-23-20-15-21(25-17-24-20)28-10-5-6-19(16-28)7-8-22(29)27-13-11-26(12-14-27)18(2)3/h15,17-19H,4-14,16H2,1-3H3,(H,23,24,25). The van der Waals surface area contributed by atoms with Crippen LogP contribution in [-0.2, 0) is 4.79 Å². The van der Waals surface area contributed by atoms with E-state index in [1.54, 1.807) is 6.33 Å². The molecule has 0 bridgehead atoms. The van der Waals surface area contributed by atoms with Gasteiger partial charge in [0.15, 0.2) is 0 Å². The zero-order valence-electron chi connectivity index (χ0n) is 18.4. The van der Waals surface area contributed by atoms with E-state index in [9.17, 15) is 4.79 Å². The lowest BCUT2D eigenvalue weighted by Crippen LogP contribution is -2.50. The summed E-state index contributed by atoms with van der Waals surface area (Å²) in [5, 5.41) is 3.34. The first kappa shape index (κ1) is 21.8. The number of piperidine rings is 1. The number of amides is 1. The first-order valence-corrected chi connectivity index (χ1v) is 11.4. The molecule has 1 aromatic rings. The van der Waals surface area contributed by atoms with Crippen molar-refractivity contribution < 1.29 is 4.79 Å². The van der Waals surface area contributed by atoms with Gasteiger partial charge in [0, 0.05) is 64.3 Å². The van der Waals surface area contributed by atoms with Gasteiger partial charge in [0.25, 0.3) is 0 Å². The second kappa shape index (κ2) is 10.8. The molecule has 1 amide bonds. The topological polar surface area (TPSA) is 64.6 Å². The van der Waals surface area contributed by atoms with Crippen molar-refractivity contribution >= 4 is 17.5 Å². The fourth-order valence-electron chi connectivity index (χ4n) is 4.35. The maximum Gasteiger partial charge on any atom is 0.222 e. The van der Waals surface area contributed by atoms with E-state index in [1.807, 2.05) is 0 Å². The first-order chi connectivity index (χ1) is 14.1. The van der Waals surface area contributed by atoms with Gasteiger partial charge in [0.05, 0.1) is 0 Å². The molecule has 1 aromatic heterocycles. The van der Waals surface area contributed by atoms with E-state index in [2.05, 4.69) is 56.8 Å². The van der Waals surface area contributed by atoms with Crippen LogP contribution in [0.1, 0.15) is 52.9 Å². The van der Waals surface area contributed by atoms with Gasteiger partial charge in [0.1, 0.15) is 18.0 Å². The van der Waals surface area contributed by atoms with Crippen LogP contribution in [0.2, 0.25) is 0 Å². The van der Waals surface area contributed by atoms with Crippen LogP contribution in [0, 0.1) is 5.92 Å². The predicted octanol–water partition coefficient (Wildman–Crippen LogP) is 2.85. The van der Waals surface area contributed by atoms with Gasteiger partial charge in [0.2, 0.25) is 5.91 Å². The lowest BCUT2D eigenvalue weighted by atomic mass is 9.93. The number of carbonyl (C=O) groups is 1. The highest BCUT2D eigenvalue weighted by Gasteiger charge is 2.25. The first-order valence-electron chi connectivity index (χ1n) is 11.4. The number of hydrogen-bond acceptors (Lipinski definition) is 6. The molecule has 0 aliphatic carbocycles. The lowest BCUT2D eigenvalue weighted by molar-refractivity contribution is -0.133. The molecular weight excluding hydrogens is 364 g/mol. The summed E-state index contributed by atoms with van der Waals surface area (Å²) < 4.78 is 0. The Kier molecular flexibility index (Phi) is 8.09. The van der Waals surface area contributed by atoms with Gasteiger partial charge in [-0.2, -0.15) is 0 Å². The molecule has 7 heteroatoms. The van der Waals surface area contributed by atoms with Crippen LogP contribution in [-0.4, -0.2) is 77.5 Å². The number of aromatic nitrogens is 2. The minimum absolute atomic E-state index is 0.332. The quantitative estimate of drug-likeness (QED) is 0.721. The second-order valence-electron chi connectivity index (χ2n) is 8.69. The number of nitrogens with zero attached hydrogens (tertiary/aromatic N) is 5. The Morgan fingerprint density at radius 3 is 2.72 bits per heavy atom. The molecule has 3 heterocycles. The molecule has 0 radical (unpaired) electrons. The highest BCUT2D eigenvalue weighted by Crippen LogP contribution is 2.26. The van der Waals surface area contributed by atoms with Crippen LogP contribution in [0.3, 0.4) is 0 Å². The summed E-state index contributed by atoms with van der Waals surface area (Å²) in [7, 11) is 0. The van der Waals surface area contributed by atoms with Crippen molar-refractivity contribution in [3.8, 4) is 0 Å². The Morgan fingerprint density at radius 2 is 2.00 bits per heavy atom. The molecule has 2 aliphatic rings. The van der Waals surface area contributed by atoms with Crippen molar-refractivity contribution in [2.24, 2.45) is 5.92 Å². The molecule has 29 heavy (non-hydrogen) atoms. The van der Waals surface area contributed by atoms with Crippen LogP contribution in [0.25, 0.3) is 0 Å². The number of hydrogen-bond donors (Lipinski definition) is 1. The molecule has 1 atom stereocenters. The van der Waals surface area contributed by atoms with Crippen molar-refractivity contribution in [3.05, 3.63) is 12.4 Å². The van der Waals surface area contributed by atoms with Crippen LogP contribution >= 0.6 is 0 Å². The lowest BCUT2D eigenvalue weighted by Gasteiger charge is -2.37. The van der Waals surface area contributed by atoms with Crippen molar-refractivity contribution in [2.45, 2.75) is 58.9 Å². The largest absolute Gasteiger partial charge is 0.370 e. The van der Waals surface area contributed by atoms with Gasteiger partial charge >= 0.3 is 0 Å². The zero-order chi connectivity index (χ0) is 20.6. The van der Waals surface area contributed by atoms with Crippen molar-refractivity contribution in [1.82, 2.24) is 19.8 Å². The Hall–Kier alpha value is -1.89. The minimum atomic E-state index is 0.332. The number of piperazine rings is 1. The van der Waals surface area contributed by atoms with E-state index < -0.39 is 0 Å². The van der Waals surface area contributed by atoms with Gasteiger partial charge in [-0.15, -0.1) is 0 Å². The second-order valence-corrected chi connectivity index (χ2v) is 8.69. The van der Waals surface area contributed by atoms with Crippen LogP contribution in [0.5, 0.6) is 0 Å². The monoisotopic (exact) mass is 402 g/mol. The fourth-order valence-corrected chi connectivity index (χ4v) is 4.35. The molecule has 0 spiro atoms. The van der Waals surface area contributed by atoms with Gasteiger partial charge < -0.3 is 15.1 Å². The Balaban J connectivity index is 1.46. The Labute approximate surface area is 175 Å². The summed E-state index contributed by atoms with van der Waals surface area (Å²) in [5.74, 6) is 2.79. The SMILES string of the molecule is CCCNc1cc(N2CCCC(CCC(=O)N3CCN(C(C)C)CC3)C2)ncn1. The van der Waals surface area contributed by atoms with Crippen LogP contribution < -0.4 is 10.2 Å². The van der Waals surface area contributed by atoms with Crippen molar-refractivity contribution in [2.75, 3.05) is 56.0 Å². The normalized spacial score (nSPS) is 20.9. The highest BCUT2D eigenvalue weighted by atomic mass is 16.2. The number of anilines is 2. The highest BCUT2D eigenvalue weighted by molar-refractivity contribution is 5.76. The van der Waals surface area contributed by atoms with Gasteiger partial charge in [-0.25, -0.2) is 9.97 Å². The van der Waals surface area contributed by atoms with E-state index in [0.29, 0.717) is 24.3 Å². The molecule has 1 N–H and O–H groups in total. The molecule has 2 fully saturated rings. The fraction of sp³-hybridized carbons (Fsp3) is 0.773. The maximum atomic E-state index is 12.7. The smallest absolute Gasteiger partial charge is 0.222 e. The van der Waals surface area contributed by atoms with E-state index in [0.717, 1.165) is 76.7 Å². The summed E-state index contributed by atoms with van der Waals surface area (Å²) in [5.41, 5.74) is 0. The van der Waals surface area contributed by atoms with E-state index in [-0.39, 0.29) is 0 Å². The minimum Gasteiger partial charge on any atom is -0.370 e. The van der Waals surface area contributed by atoms with Crippen LogP contribution in [0.4, 0.5) is 11.6 Å². The van der Waals surface area contributed by atoms with Crippen LogP contribution in [0.15, 0.2) is 12.4 Å². The molecular formula is C22H38N6O. The molecule has 3 rings (SSSR count). The van der Waals surface area contributed by atoms with E-state index >= 15 is 0 Å². The van der Waals surface area contributed by atoms with Gasteiger partial charge in [-0.05, 0) is 45.4 Å². The molecule has 1 unspecified atom stereocenters. The molecule has 0 saturated carbocycles. The molecule has 162 valence electrons. The Bertz CT molecular complexity index is 644. The number of rotatable bonds is 8. The third-order valence-corrected chi connectivity index (χ3v) is 6.22. The number of nitrogens with one attached hydrogen (secondary N) is 1. The average molecular weight is 403 g/mol. The summed E-state index contributed by atoms with van der Waals surface area (Å²) >= 11 is 0. The summed E-state index contributed by atoms with van der Waals surface area (Å²) in [6.07, 6.45) is 6.74. The third kappa shape index (κ3) is 6.29. The van der Waals surface area contributed by atoms with Crippen molar-refractivity contribution in [1.29, 1.82) is 0 Å². The van der Waals surface area contributed by atoms with Gasteiger partial charge in [-0.1, -0.05) is 6.92 Å². The summed E-state index contributed by atoms with van der Waals surface area (Å²) in [6, 6.07) is 2.62. The van der Waals surface area contributed by atoms with E-state index in [1.165, 1.54) is 6.42 Å². The maximum absolute atomic E-state index is 12.7. The Morgan fingerprint density at radius 1 is 1.21 bits per heavy atom. The molecule has 7 nitrogen and oxygen atoms in total. The average Bonchev–Trinajstić information content (AvgIpc) is 2.76. The molecule has 2 aliphatic heterocycles. The number of carbonyl (C=O) groups excluding carboxylic acids is 1. The van der Waals surface area contributed by atoms with Gasteiger partial charge in [-0.3, -0.25) is 9.69 Å². The third-order valence-electron chi connectivity index (χ3n) is 6.22. The zero-order valence-corrected chi connectivity index (χ0v) is 18.4. The van der Waals surface area contributed by atoms with Crippen molar-refractivity contribution in [3.63, 3.8) is 0 Å². The molecule has 0 aromatic carbocycles. The predicted molar refractivity (Wildman–Crippen MR) is 118 cm³/mol. The summed E-state index contributed by atoms with van der Waals surface area (Å²) in [4.78, 5) is 28.4. The van der Waals surface area contributed by atoms with E-state index in [4.69, 9.17) is 0 Å².